The number of carbonyl (C=O) groups is 1. The second-order valence-corrected chi connectivity index (χ2v) is 4.88. The topological polar surface area (TPSA) is 46.5 Å². The fourth-order valence-electron chi connectivity index (χ4n) is 1.39. The zero-order valence-electron chi connectivity index (χ0n) is 9.36. The van der Waals surface area contributed by atoms with Crippen molar-refractivity contribution in [3.05, 3.63) is 57.0 Å². The summed E-state index contributed by atoms with van der Waals surface area (Å²) < 4.78 is 5.51. The summed E-state index contributed by atoms with van der Waals surface area (Å²) in [4.78, 5) is 10.8. The summed E-state index contributed by atoms with van der Waals surface area (Å²) in [6, 6.07) is 8.93. The van der Waals surface area contributed by atoms with Gasteiger partial charge in [0.05, 0.1) is 15.6 Å². The van der Waals surface area contributed by atoms with Crippen molar-refractivity contribution in [1.82, 2.24) is 0 Å². The largest absolute Gasteiger partial charge is 0.478 e. The third kappa shape index (κ3) is 3.32. The zero-order valence-corrected chi connectivity index (χ0v) is 11.6. The number of halogens is 3. The lowest BCUT2D eigenvalue weighted by molar-refractivity contribution is 0.0697. The van der Waals surface area contributed by atoms with Crippen molar-refractivity contribution in [3.63, 3.8) is 0 Å². The Bertz CT molecular complexity index is 641. The van der Waals surface area contributed by atoms with E-state index in [4.69, 9.17) is 44.6 Å². The molecule has 0 aliphatic heterocycles. The molecular formula is C13H7Cl3O3. The van der Waals surface area contributed by atoms with Crippen LogP contribution in [0.3, 0.4) is 0 Å². The van der Waals surface area contributed by atoms with Gasteiger partial charge in [-0.3, -0.25) is 0 Å². The first-order chi connectivity index (χ1) is 8.97. The van der Waals surface area contributed by atoms with E-state index in [1.165, 1.54) is 18.2 Å². The van der Waals surface area contributed by atoms with Crippen molar-refractivity contribution in [1.29, 1.82) is 0 Å². The minimum atomic E-state index is -1.06. The molecule has 0 heterocycles. The minimum Gasteiger partial charge on any atom is -0.478 e. The van der Waals surface area contributed by atoms with Gasteiger partial charge in [0, 0.05) is 11.1 Å². The fourth-order valence-corrected chi connectivity index (χ4v) is 1.93. The summed E-state index contributed by atoms with van der Waals surface area (Å²) in [7, 11) is 0. The van der Waals surface area contributed by atoms with Gasteiger partial charge in [0.1, 0.15) is 11.5 Å². The van der Waals surface area contributed by atoms with E-state index in [-0.39, 0.29) is 10.6 Å². The number of carboxylic acids is 1. The highest BCUT2D eigenvalue weighted by Crippen LogP contribution is 2.35. The molecule has 0 radical (unpaired) electrons. The number of ether oxygens (including phenoxy) is 1. The van der Waals surface area contributed by atoms with E-state index in [9.17, 15) is 4.79 Å². The molecule has 0 aromatic heterocycles. The monoisotopic (exact) mass is 316 g/mol. The van der Waals surface area contributed by atoms with Gasteiger partial charge in [0.25, 0.3) is 0 Å². The summed E-state index contributed by atoms with van der Waals surface area (Å²) >= 11 is 17.8. The number of benzene rings is 2. The van der Waals surface area contributed by atoms with Gasteiger partial charge in [-0.25, -0.2) is 4.79 Å². The van der Waals surface area contributed by atoms with Crippen molar-refractivity contribution < 1.29 is 14.6 Å². The number of hydrogen-bond donors (Lipinski definition) is 1. The summed E-state index contributed by atoms with van der Waals surface area (Å²) in [6.07, 6.45) is 0. The van der Waals surface area contributed by atoms with Gasteiger partial charge in [-0.05, 0) is 30.3 Å². The lowest BCUT2D eigenvalue weighted by Crippen LogP contribution is -1.96. The van der Waals surface area contributed by atoms with Crippen molar-refractivity contribution >= 4 is 40.8 Å². The molecule has 19 heavy (non-hydrogen) atoms. The average Bonchev–Trinajstić information content (AvgIpc) is 2.36. The van der Waals surface area contributed by atoms with Crippen molar-refractivity contribution in [2.24, 2.45) is 0 Å². The molecule has 0 spiro atoms. The zero-order chi connectivity index (χ0) is 14.0. The molecule has 0 aliphatic rings. The molecule has 0 aliphatic carbocycles. The standard InChI is InChI=1S/C13H7Cl3O3/c14-8-2-3-9(15)12(6-8)19-11-4-1-7(13(17)18)5-10(11)16/h1-6H,(H,17,18). The lowest BCUT2D eigenvalue weighted by Gasteiger charge is -2.09. The van der Waals surface area contributed by atoms with Crippen LogP contribution in [-0.4, -0.2) is 11.1 Å². The van der Waals surface area contributed by atoms with Crippen LogP contribution in [0.25, 0.3) is 0 Å². The second kappa shape index (κ2) is 5.70. The molecule has 2 rings (SSSR count). The maximum Gasteiger partial charge on any atom is 0.335 e. The summed E-state index contributed by atoms with van der Waals surface area (Å²) in [5.41, 5.74) is 0.0783. The third-order valence-corrected chi connectivity index (χ3v) is 3.13. The van der Waals surface area contributed by atoms with Crippen LogP contribution < -0.4 is 4.74 Å². The predicted octanol–water partition coefficient (Wildman–Crippen LogP) is 5.14. The van der Waals surface area contributed by atoms with E-state index >= 15 is 0 Å². The van der Waals surface area contributed by atoms with Crippen LogP contribution in [0.15, 0.2) is 36.4 Å². The Morgan fingerprint density at radius 2 is 1.68 bits per heavy atom. The Hall–Kier alpha value is -1.42. The number of rotatable bonds is 3. The van der Waals surface area contributed by atoms with Crippen molar-refractivity contribution in [3.8, 4) is 11.5 Å². The molecule has 98 valence electrons. The fraction of sp³-hybridized carbons (Fsp3) is 0. The SMILES string of the molecule is O=C(O)c1ccc(Oc2cc(Cl)ccc2Cl)c(Cl)c1. The van der Waals surface area contributed by atoms with E-state index in [1.807, 2.05) is 0 Å². The molecule has 0 unspecified atom stereocenters. The van der Waals surface area contributed by atoms with E-state index < -0.39 is 5.97 Å². The molecule has 2 aromatic rings. The first kappa shape index (κ1) is 14.0. The van der Waals surface area contributed by atoms with Gasteiger partial charge < -0.3 is 9.84 Å². The van der Waals surface area contributed by atoms with E-state index in [0.717, 1.165) is 0 Å². The highest BCUT2D eigenvalue weighted by atomic mass is 35.5. The van der Waals surface area contributed by atoms with Gasteiger partial charge in [-0.15, -0.1) is 0 Å². The second-order valence-electron chi connectivity index (χ2n) is 3.63. The Kier molecular flexibility index (Phi) is 4.20. The highest BCUT2D eigenvalue weighted by Gasteiger charge is 2.10. The average molecular weight is 318 g/mol. The first-order valence-electron chi connectivity index (χ1n) is 5.13. The third-order valence-electron chi connectivity index (χ3n) is 2.29. The van der Waals surface area contributed by atoms with Gasteiger partial charge in [0.2, 0.25) is 0 Å². The molecule has 1 N–H and O–H groups in total. The maximum atomic E-state index is 10.8. The number of hydrogen-bond acceptors (Lipinski definition) is 2. The maximum absolute atomic E-state index is 10.8. The molecular weight excluding hydrogens is 310 g/mol. The van der Waals surface area contributed by atoms with Crippen LogP contribution in [-0.2, 0) is 0 Å². The Balaban J connectivity index is 2.33. The summed E-state index contributed by atoms with van der Waals surface area (Å²) in [6.45, 7) is 0. The van der Waals surface area contributed by atoms with E-state index in [2.05, 4.69) is 0 Å². The van der Waals surface area contributed by atoms with Gasteiger partial charge in [-0.1, -0.05) is 34.8 Å². The molecule has 0 fully saturated rings. The van der Waals surface area contributed by atoms with E-state index in [1.54, 1.807) is 18.2 Å². The molecule has 2 aromatic carbocycles. The molecule has 6 heteroatoms. The molecule has 0 amide bonds. The smallest absolute Gasteiger partial charge is 0.335 e. The molecule has 3 nitrogen and oxygen atoms in total. The molecule has 0 saturated heterocycles. The van der Waals surface area contributed by atoms with Crippen molar-refractivity contribution in [2.45, 2.75) is 0 Å². The van der Waals surface area contributed by atoms with E-state index in [0.29, 0.717) is 21.5 Å². The van der Waals surface area contributed by atoms with Crippen molar-refractivity contribution in [2.75, 3.05) is 0 Å². The highest BCUT2D eigenvalue weighted by molar-refractivity contribution is 6.34. The first-order valence-corrected chi connectivity index (χ1v) is 6.26. The Morgan fingerprint density at radius 1 is 0.947 bits per heavy atom. The molecule has 0 atom stereocenters. The van der Waals surface area contributed by atoms with Crippen LogP contribution >= 0.6 is 34.8 Å². The van der Waals surface area contributed by atoms with Gasteiger partial charge in [-0.2, -0.15) is 0 Å². The van der Waals surface area contributed by atoms with Gasteiger partial charge >= 0.3 is 5.97 Å². The number of aromatic carboxylic acids is 1. The van der Waals surface area contributed by atoms with Crippen LogP contribution in [0.5, 0.6) is 11.5 Å². The van der Waals surface area contributed by atoms with Gasteiger partial charge in [0.15, 0.2) is 0 Å². The Morgan fingerprint density at radius 3 is 2.32 bits per heavy atom. The summed E-state index contributed by atoms with van der Waals surface area (Å²) in [5.74, 6) is -0.413. The quantitative estimate of drug-likeness (QED) is 0.853. The van der Waals surface area contributed by atoms with Crippen LogP contribution in [0.1, 0.15) is 10.4 Å². The summed E-state index contributed by atoms with van der Waals surface area (Å²) in [5, 5.41) is 9.86. The van der Waals surface area contributed by atoms with Crippen LogP contribution in [0, 0.1) is 0 Å². The normalized spacial score (nSPS) is 10.3. The predicted molar refractivity (Wildman–Crippen MR) is 74.9 cm³/mol. The van der Waals surface area contributed by atoms with Crippen LogP contribution in [0.4, 0.5) is 0 Å². The number of carboxylic acid groups (broad SMARTS) is 1. The minimum absolute atomic E-state index is 0.0783. The molecule has 0 saturated carbocycles. The molecule has 0 bridgehead atoms. The van der Waals surface area contributed by atoms with Crippen LogP contribution in [0.2, 0.25) is 15.1 Å². The lowest BCUT2D eigenvalue weighted by atomic mass is 10.2. The Labute approximate surface area is 124 Å².